The average molecular weight is 192 g/mol. The van der Waals surface area contributed by atoms with Crippen LogP contribution in [0.5, 0.6) is 0 Å². The molecule has 2 nitrogen and oxygen atoms in total. The van der Waals surface area contributed by atoms with E-state index in [0.717, 1.165) is 12.8 Å². The Morgan fingerprint density at radius 2 is 1.92 bits per heavy atom. The van der Waals surface area contributed by atoms with Gasteiger partial charge in [0.2, 0.25) is 0 Å². The molecule has 1 aliphatic rings. The Balaban J connectivity index is 2.05. The maximum absolute atomic E-state index is 12.7. The highest BCUT2D eigenvalue weighted by Crippen LogP contribution is 2.26. The fourth-order valence-electron chi connectivity index (χ4n) is 1.59. The molecule has 0 aliphatic heterocycles. The van der Waals surface area contributed by atoms with Crippen molar-refractivity contribution in [3.05, 3.63) is 0 Å². The van der Waals surface area contributed by atoms with Gasteiger partial charge in [0.05, 0.1) is 6.61 Å². The Kier molecular flexibility index (Phi) is 4.28. The highest BCUT2D eigenvalue weighted by molar-refractivity contribution is 5.69. The van der Waals surface area contributed by atoms with Crippen molar-refractivity contribution in [3.63, 3.8) is 0 Å². The van der Waals surface area contributed by atoms with E-state index >= 15 is 0 Å². The highest BCUT2D eigenvalue weighted by Gasteiger charge is 2.20. The van der Waals surface area contributed by atoms with E-state index in [-0.39, 0.29) is 0 Å². The normalized spacial score (nSPS) is 28.8. The number of ether oxygens (including phenoxy) is 1. The van der Waals surface area contributed by atoms with Crippen molar-refractivity contribution in [1.29, 1.82) is 0 Å². The summed E-state index contributed by atoms with van der Waals surface area (Å²) in [7, 11) is 0. The number of carbonyl (C=O) groups excluding carboxylic acids is 1. The summed E-state index contributed by atoms with van der Waals surface area (Å²) in [6, 6.07) is -1.45. The minimum Gasteiger partial charge on any atom is -0.370 e. The number of hydrogen-bond acceptors (Lipinski definition) is 2. The van der Waals surface area contributed by atoms with E-state index in [0.29, 0.717) is 25.4 Å². The first-order chi connectivity index (χ1) is 6.18. The number of halogens is 2. The summed E-state index contributed by atoms with van der Waals surface area (Å²) in [5.41, 5.74) is 0. The third-order valence-electron chi connectivity index (χ3n) is 2.35. The Morgan fingerprint density at radius 3 is 2.46 bits per heavy atom. The van der Waals surface area contributed by atoms with Crippen LogP contribution in [0.1, 0.15) is 25.7 Å². The smallest absolute Gasteiger partial charge is 0.326 e. The van der Waals surface area contributed by atoms with Gasteiger partial charge >= 0.3 is 6.04 Å². The van der Waals surface area contributed by atoms with Gasteiger partial charge < -0.3 is 4.74 Å². The van der Waals surface area contributed by atoms with Crippen LogP contribution in [-0.4, -0.2) is 25.4 Å². The van der Waals surface area contributed by atoms with E-state index in [4.69, 9.17) is 4.74 Å². The lowest BCUT2D eigenvalue weighted by atomic mass is 9.89. The molecular formula is C9H14F2O2. The number of alkyl halides is 1. The molecule has 0 saturated heterocycles. The second kappa shape index (κ2) is 5.27. The molecule has 0 N–H and O–H groups in total. The predicted molar refractivity (Wildman–Crippen MR) is 43.8 cm³/mol. The lowest BCUT2D eigenvalue weighted by molar-refractivity contribution is -0.134. The number of rotatable bonds is 4. The molecule has 0 aromatic rings. The summed E-state index contributed by atoms with van der Waals surface area (Å²) in [4.78, 5) is 9.89. The summed E-state index contributed by atoms with van der Waals surface area (Å²) in [5, 5.41) is 0. The maximum Gasteiger partial charge on any atom is 0.326 e. The minimum atomic E-state index is -1.45. The zero-order chi connectivity index (χ0) is 9.68. The van der Waals surface area contributed by atoms with Gasteiger partial charge in [-0.15, -0.1) is 0 Å². The first-order valence-corrected chi connectivity index (χ1v) is 4.58. The van der Waals surface area contributed by atoms with Crippen molar-refractivity contribution < 1.29 is 18.3 Å². The summed E-state index contributed by atoms with van der Waals surface area (Å²) >= 11 is 0. The molecule has 0 aromatic carbocycles. The van der Waals surface area contributed by atoms with Crippen molar-refractivity contribution in [3.8, 4) is 0 Å². The Bertz CT molecular complexity index is 165. The molecule has 76 valence electrons. The monoisotopic (exact) mass is 192 g/mol. The second-order valence-electron chi connectivity index (χ2n) is 3.49. The van der Waals surface area contributed by atoms with Crippen molar-refractivity contribution in [1.82, 2.24) is 0 Å². The Labute approximate surface area is 76.3 Å². The fraction of sp³-hybridized carbons (Fsp3) is 0.889. The van der Waals surface area contributed by atoms with Gasteiger partial charge in [0.25, 0.3) is 0 Å². The van der Waals surface area contributed by atoms with E-state index in [1.165, 1.54) is 0 Å². The lowest BCUT2D eigenvalue weighted by Crippen LogP contribution is -2.20. The molecular weight excluding hydrogens is 178 g/mol. The van der Waals surface area contributed by atoms with Gasteiger partial charge in [0.1, 0.15) is 12.8 Å². The molecule has 1 fully saturated rings. The van der Waals surface area contributed by atoms with Gasteiger partial charge in [0.15, 0.2) is 0 Å². The van der Waals surface area contributed by atoms with Crippen LogP contribution in [0, 0.1) is 5.92 Å². The molecule has 0 radical (unpaired) electrons. The molecule has 4 heteroatoms. The molecule has 0 aromatic heterocycles. The number of hydrogen-bond donors (Lipinski definition) is 0. The molecule has 13 heavy (non-hydrogen) atoms. The van der Waals surface area contributed by atoms with E-state index in [1.54, 1.807) is 0 Å². The fourth-order valence-corrected chi connectivity index (χ4v) is 1.59. The third-order valence-corrected chi connectivity index (χ3v) is 2.35. The molecule has 0 amide bonds. The van der Waals surface area contributed by atoms with Gasteiger partial charge in [-0.3, -0.25) is 4.79 Å². The molecule has 0 heterocycles. The van der Waals surface area contributed by atoms with Crippen molar-refractivity contribution in [2.75, 3.05) is 13.2 Å². The van der Waals surface area contributed by atoms with Crippen LogP contribution in [0.3, 0.4) is 0 Å². The molecule has 0 spiro atoms. The van der Waals surface area contributed by atoms with E-state index < -0.39 is 18.8 Å². The molecule has 0 bridgehead atoms. The second-order valence-corrected chi connectivity index (χ2v) is 3.49. The molecule has 1 aliphatic carbocycles. The first-order valence-electron chi connectivity index (χ1n) is 4.58. The van der Waals surface area contributed by atoms with Crippen LogP contribution in [0.15, 0.2) is 0 Å². The van der Waals surface area contributed by atoms with E-state index in [2.05, 4.69) is 0 Å². The minimum absolute atomic E-state index is 0.298. The summed E-state index contributed by atoms with van der Waals surface area (Å²) < 4.78 is 29.2. The predicted octanol–water partition coefficient (Wildman–Crippen LogP) is 2.03. The molecule has 1 rings (SSSR count). The van der Waals surface area contributed by atoms with Crippen LogP contribution in [0.25, 0.3) is 0 Å². The molecule has 1 saturated carbocycles. The number of carbonyl (C=O) groups is 1. The van der Waals surface area contributed by atoms with Crippen molar-refractivity contribution in [2.24, 2.45) is 5.92 Å². The summed E-state index contributed by atoms with van der Waals surface area (Å²) in [5.74, 6) is 0.298. The first kappa shape index (κ1) is 10.6. The van der Waals surface area contributed by atoms with E-state index in [9.17, 15) is 13.6 Å². The summed E-state index contributed by atoms with van der Waals surface area (Å²) in [6.45, 7) is -0.0854. The van der Waals surface area contributed by atoms with Gasteiger partial charge in [-0.05, 0) is 31.6 Å². The van der Waals surface area contributed by atoms with Gasteiger partial charge in [0, 0.05) is 0 Å². The van der Waals surface area contributed by atoms with Gasteiger partial charge in [-0.25, -0.2) is 4.39 Å². The van der Waals surface area contributed by atoms with E-state index in [1.807, 2.05) is 0 Å². The topological polar surface area (TPSA) is 26.3 Å². The third kappa shape index (κ3) is 4.31. The Hall–Kier alpha value is -0.510. The van der Waals surface area contributed by atoms with Crippen LogP contribution < -0.4 is 0 Å². The highest BCUT2D eigenvalue weighted by atomic mass is 19.1. The van der Waals surface area contributed by atoms with Crippen LogP contribution in [0.4, 0.5) is 8.78 Å². The van der Waals surface area contributed by atoms with Crippen LogP contribution >= 0.6 is 0 Å². The molecule has 0 unspecified atom stereocenters. The summed E-state index contributed by atoms with van der Waals surface area (Å²) in [6.07, 6.45) is 2.01. The largest absolute Gasteiger partial charge is 0.370 e. The van der Waals surface area contributed by atoms with Crippen molar-refractivity contribution in [2.45, 2.75) is 31.9 Å². The van der Waals surface area contributed by atoms with Crippen LogP contribution in [-0.2, 0) is 9.53 Å². The SMILES string of the molecule is O=C(F)COCC1CCC(F)CC1. The van der Waals surface area contributed by atoms with Crippen molar-refractivity contribution >= 4 is 6.04 Å². The standard InChI is InChI=1S/C9H14F2O2/c10-8-3-1-7(2-4-8)5-13-6-9(11)12/h7-8H,1-6H2. The zero-order valence-electron chi connectivity index (χ0n) is 7.47. The average Bonchev–Trinajstić information content (AvgIpc) is 2.08. The lowest BCUT2D eigenvalue weighted by Gasteiger charge is -2.23. The maximum atomic E-state index is 12.7. The van der Waals surface area contributed by atoms with Gasteiger partial charge in [-0.2, -0.15) is 4.39 Å². The zero-order valence-corrected chi connectivity index (χ0v) is 7.47. The molecule has 0 atom stereocenters. The Morgan fingerprint density at radius 1 is 1.31 bits per heavy atom. The van der Waals surface area contributed by atoms with Gasteiger partial charge in [-0.1, -0.05) is 0 Å². The van der Waals surface area contributed by atoms with Crippen LogP contribution in [0.2, 0.25) is 0 Å². The quantitative estimate of drug-likeness (QED) is 0.637.